The maximum Gasteiger partial charge on any atom is 0.461 e. The first kappa shape index (κ1) is 14.8. The number of hydrogen-bond donors (Lipinski definition) is 0. The average molecular weight is 280 g/mol. The highest BCUT2D eigenvalue weighted by atomic mass is 16.7. The number of nitrogens with zero attached hydrogens (tertiary/aromatic N) is 2. The van der Waals surface area contributed by atoms with Gasteiger partial charge in [0.2, 0.25) is 0 Å². The van der Waals surface area contributed by atoms with Gasteiger partial charge in [0.05, 0.1) is 17.9 Å². The van der Waals surface area contributed by atoms with Crippen LogP contribution < -0.4 is 0 Å². The van der Waals surface area contributed by atoms with Gasteiger partial charge in [0.1, 0.15) is 0 Å². The molecule has 0 spiro atoms. The topological polar surface area (TPSA) is 24.9 Å². The van der Waals surface area contributed by atoms with Crippen molar-refractivity contribution in [3.8, 4) is 0 Å². The highest BCUT2D eigenvalue weighted by molar-refractivity contribution is 6.47. The van der Waals surface area contributed by atoms with Crippen molar-refractivity contribution < 1.29 is 9.31 Å². The second-order valence-electron chi connectivity index (χ2n) is 7.99. The Bertz CT molecular complexity index is 372. The molecule has 0 aromatic carbocycles. The molecule has 0 radical (unpaired) electrons. The average Bonchev–Trinajstić information content (AvgIpc) is 2.74. The molecule has 0 N–H and O–H groups in total. The van der Waals surface area contributed by atoms with Crippen LogP contribution in [0, 0.1) is 0 Å². The zero-order valence-electron chi connectivity index (χ0n) is 13.8. The Hall–Kier alpha value is -0.0951. The molecule has 2 heterocycles. The van der Waals surface area contributed by atoms with Crippen LogP contribution in [0.1, 0.15) is 47.0 Å². The van der Waals surface area contributed by atoms with Crippen LogP contribution in [0.15, 0.2) is 0 Å². The summed E-state index contributed by atoms with van der Waals surface area (Å²) in [6.07, 6.45) is 3.68. The summed E-state index contributed by atoms with van der Waals surface area (Å²) >= 11 is 0. The van der Waals surface area contributed by atoms with Gasteiger partial charge in [-0.25, -0.2) is 0 Å². The standard InChI is InChI=1S/C15H29BN2O2/c1-14(2)15(3,4)20-16(19-14)11-7-8-12-13(9-11)18(6)10-17(12)5/h11-13H,7-10H2,1-6H3. The molecule has 0 amide bonds. The minimum Gasteiger partial charge on any atom is -0.403 e. The van der Waals surface area contributed by atoms with Crippen molar-refractivity contribution in [2.45, 2.75) is 76.1 Å². The van der Waals surface area contributed by atoms with Crippen LogP contribution in [-0.4, -0.2) is 61.0 Å². The SMILES string of the molecule is CN1CN(C)C2CC(B3OC(C)(C)C(C)(C)O3)CCC21. The maximum atomic E-state index is 6.26. The summed E-state index contributed by atoms with van der Waals surface area (Å²) in [7, 11) is 4.46. The van der Waals surface area contributed by atoms with Gasteiger partial charge in [-0.1, -0.05) is 6.42 Å². The first-order valence-electron chi connectivity index (χ1n) is 7.97. The third-order valence-corrected chi connectivity index (χ3v) is 6.06. The summed E-state index contributed by atoms with van der Waals surface area (Å²) in [4.78, 5) is 4.98. The van der Waals surface area contributed by atoms with E-state index < -0.39 is 0 Å². The number of fused-ring (bicyclic) bond motifs is 1. The van der Waals surface area contributed by atoms with Crippen molar-refractivity contribution in [1.29, 1.82) is 0 Å². The number of hydrogen-bond acceptors (Lipinski definition) is 4. The lowest BCUT2D eigenvalue weighted by Crippen LogP contribution is -2.43. The zero-order chi connectivity index (χ0) is 14.7. The second-order valence-corrected chi connectivity index (χ2v) is 7.99. The van der Waals surface area contributed by atoms with Gasteiger partial charge in [-0.05, 0) is 60.4 Å². The Balaban J connectivity index is 1.69. The van der Waals surface area contributed by atoms with E-state index in [-0.39, 0.29) is 18.3 Å². The van der Waals surface area contributed by atoms with Crippen molar-refractivity contribution in [3.05, 3.63) is 0 Å². The Morgan fingerprint density at radius 3 is 2.05 bits per heavy atom. The predicted octanol–water partition coefficient (Wildman–Crippen LogP) is 2.20. The van der Waals surface area contributed by atoms with E-state index in [0.717, 1.165) is 12.7 Å². The first-order chi connectivity index (χ1) is 9.21. The largest absolute Gasteiger partial charge is 0.461 e. The van der Waals surface area contributed by atoms with Gasteiger partial charge in [0, 0.05) is 12.1 Å². The molecule has 1 aliphatic carbocycles. The zero-order valence-corrected chi connectivity index (χ0v) is 13.8. The first-order valence-corrected chi connectivity index (χ1v) is 7.97. The fourth-order valence-corrected chi connectivity index (χ4v) is 4.04. The monoisotopic (exact) mass is 280 g/mol. The fourth-order valence-electron chi connectivity index (χ4n) is 4.04. The van der Waals surface area contributed by atoms with Crippen molar-refractivity contribution in [2.24, 2.45) is 0 Å². The van der Waals surface area contributed by atoms with Crippen LogP contribution in [-0.2, 0) is 9.31 Å². The third-order valence-electron chi connectivity index (χ3n) is 6.06. The van der Waals surface area contributed by atoms with Crippen molar-refractivity contribution in [1.82, 2.24) is 9.80 Å². The van der Waals surface area contributed by atoms with E-state index in [4.69, 9.17) is 9.31 Å². The van der Waals surface area contributed by atoms with Gasteiger partial charge >= 0.3 is 7.12 Å². The lowest BCUT2D eigenvalue weighted by atomic mass is 9.62. The minimum atomic E-state index is -0.202. The van der Waals surface area contributed by atoms with E-state index in [1.54, 1.807) is 0 Å². The summed E-state index contributed by atoms with van der Waals surface area (Å²) in [5, 5.41) is 0. The van der Waals surface area contributed by atoms with Crippen LogP contribution in [0.3, 0.4) is 0 Å². The lowest BCUT2D eigenvalue weighted by Gasteiger charge is -2.36. The van der Waals surface area contributed by atoms with Crippen LogP contribution in [0.25, 0.3) is 0 Å². The molecule has 20 heavy (non-hydrogen) atoms. The van der Waals surface area contributed by atoms with E-state index in [9.17, 15) is 0 Å². The minimum absolute atomic E-state index is 0.0275. The van der Waals surface area contributed by atoms with Gasteiger partial charge in [-0.15, -0.1) is 0 Å². The van der Waals surface area contributed by atoms with Crippen molar-refractivity contribution in [3.63, 3.8) is 0 Å². The van der Waals surface area contributed by atoms with Crippen LogP contribution in [0.5, 0.6) is 0 Å². The van der Waals surface area contributed by atoms with Crippen molar-refractivity contribution >= 4 is 7.12 Å². The fraction of sp³-hybridized carbons (Fsp3) is 1.00. The van der Waals surface area contributed by atoms with E-state index >= 15 is 0 Å². The Labute approximate surface area is 123 Å². The smallest absolute Gasteiger partial charge is 0.403 e. The molecule has 0 aromatic rings. The Kier molecular flexibility index (Phi) is 3.49. The molecule has 114 valence electrons. The lowest BCUT2D eigenvalue weighted by molar-refractivity contribution is 0.00578. The quantitative estimate of drug-likeness (QED) is 0.688. The summed E-state index contributed by atoms with van der Waals surface area (Å²) in [5.41, 5.74) is -0.403. The molecule has 3 fully saturated rings. The molecule has 0 aromatic heterocycles. The molecule has 2 aliphatic heterocycles. The summed E-state index contributed by atoms with van der Waals surface area (Å²) in [6, 6.07) is 1.39. The molecule has 0 bridgehead atoms. The molecule has 3 atom stereocenters. The molecule has 4 nitrogen and oxygen atoms in total. The molecule has 3 rings (SSSR count). The third kappa shape index (κ3) is 2.23. The van der Waals surface area contributed by atoms with Gasteiger partial charge in [0.25, 0.3) is 0 Å². The molecule has 3 aliphatic rings. The predicted molar refractivity (Wildman–Crippen MR) is 81.7 cm³/mol. The van der Waals surface area contributed by atoms with Crippen molar-refractivity contribution in [2.75, 3.05) is 20.8 Å². The molecule has 3 unspecified atom stereocenters. The summed E-state index contributed by atoms with van der Waals surface area (Å²) in [5.74, 6) is 0.534. The Morgan fingerprint density at radius 2 is 1.45 bits per heavy atom. The molecule has 5 heteroatoms. The van der Waals surface area contributed by atoms with Crippen LogP contribution >= 0.6 is 0 Å². The van der Waals surface area contributed by atoms with Gasteiger partial charge in [0.15, 0.2) is 0 Å². The van der Waals surface area contributed by atoms with E-state index in [1.807, 2.05) is 0 Å². The van der Waals surface area contributed by atoms with Gasteiger partial charge < -0.3 is 9.31 Å². The summed E-state index contributed by atoms with van der Waals surface area (Å²) in [6.45, 7) is 9.68. The maximum absolute atomic E-state index is 6.26. The van der Waals surface area contributed by atoms with Crippen LogP contribution in [0.4, 0.5) is 0 Å². The second kappa shape index (κ2) is 4.70. The highest BCUT2D eigenvalue weighted by Crippen LogP contribution is 2.46. The van der Waals surface area contributed by atoms with Gasteiger partial charge in [-0.3, -0.25) is 9.80 Å². The van der Waals surface area contributed by atoms with Crippen LogP contribution in [0.2, 0.25) is 5.82 Å². The molecule has 1 saturated carbocycles. The van der Waals surface area contributed by atoms with E-state index in [0.29, 0.717) is 11.9 Å². The normalized spacial score (nSPS) is 41.1. The number of rotatable bonds is 1. The van der Waals surface area contributed by atoms with E-state index in [2.05, 4.69) is 51.6 Å². The van der Waals surface area contributed by atoms with E-state index in [1.165, 1.54) is 19.3 Å². The van der Waals surface area contributed by atoms with Gasteiger partial charge in [-0.2, -0.15) is 0 Å². The Morgan fingerprint density at radius 1 is 0.900 bits per heavy atom. The summed E-state index contributed by atoms with van der Waals surface area (Å²) < 4.78 is 12.5. The molecular weight excluding hydrogens is 251 g/mol. The molecule has 2 saturated heterocycles. The number of likely N-dealkylation sites (N-methyl/N-ethyl adjacent to an activating group) is 2. The highest BCUT2D eigenvalue weighted by Gasteiger charge is 2.55. The molecular formula is C15H29BN2O2.